The molecule has 2 N–H and O–H groups in total. The SMILES string of the molecule is Cc1cccc(OC(c2cccc(Br)c2)C(C)N)c1F. The lowest BCUT2D eigenvalue weighted by atomic mass is 10.0. The number of ether oxygens (including phenoxy) is 1. The van der Waals surface area contributed by atoms with Gasteiger partial charge in [0, 0.05) is 10.5 Å². The Balaban J connectivity index is 2.33. The van der Waals surface area contributed by atoms with Crippen LogP contribution in [0, 0.1) is 12.7 Å². The number of hydrogen-bond acceptors (Lipinski definition) is 2. The minimum absolute atomic E-state index is 0.229. The Hall–Kier alpha value is -1.39. The van der Waals surface area contributed by atoms with Crippen molar-refractivity contribution in [3.8, 4) is 5.75 Å². The predicted molar refractivity (Wildman–Crippen MR) is 82.3 cm³/mol. The van der Waals surface area contributed by atoms with E-state index in [-0.39, 0.29) is 17.6 Å². The van der Waals surface area contributed by atoms with Crippen molar-refractivity contribution in [1.82, 2.24) is 0 Å². The Bertz CT molecular complexity index is 601. The van der Waals surface area contributed by atoms with Crippen LogP contribution >= 0.6 is 15.9 Å². The number of halogens is 2. The molecule has 0 spiro atoms. The second-order valence-electron chi connectivity index (χ2n) is 4.84. The van der Waals surface area contributed by atoms with E-state index >= 15 is 0 Å². The van der Waals surface area contributed by atoms with E-state index in [1.54, 1.807) is 25.1 Å². The van der Waals surface area contributed by atoms with E-state index in [4.69, 9.17) is 10.5 Å². The van der Waals surface area contributed by atoms with Crippen molar-refractivity contribution in [2.24, 2.45) is 5.73 Å². The van der Waals surface area contributed by atoms with Crippen molar-refractivity contribution < 1.29 is 9.13 Å². The lowest BCUT2D eigenvalue weighted by Crippen LogP contribution is -2.29. The fraction of sp³-hybridized carbons (Fsp3) is 0.250. The van der Waals surface area contributed by atoms with E-state index in [0.29, 0.717) is 5.56 Å². The van der Waals surface area contributed by atoms with Crippen LogP contribution in [0.25, 0.3) is 0 Å². The fourth-order valence-corrected chi connectivity index (χ4v) is 2.43. The van der Waals surface area contributed by atoms with Gasteiger partial charge < -0.3 is 10.5 Å². The van der Waals surface area contributed by atoms with Crippen molar-refractivity contribution >= 4 is 15.9 Å². The Labute approximate surface area is 126 Å². The molecule has 2 unspecified atom stereocenters. The number of rotatable bonds is 4. The van der Waals surface area contributed by atoms with Gasteiger partial charge in [-0.2, -0.15) is 0 Å². The molecule has 2 nitrogen and oxygen atoms in total. The molecule has 0 radical (unpaired) electrons. The van der Waals surface area contributed by atoms with Gasteiger partial charge in [-0.05, 0) is 43.2 Å². The molecule has 0 saturated carbocycles. The molecular formula is C16H17BrFNO. The fourth-order valence-electron chi connectivity index (χ4n) is 2.01. The quantitative estimate of drug-likeness (QED) is 0.899. The van der Waals surface area contributed by atoms with Crippen molar-refractivity contribution in [2.75, 3.05) is 0 Å². The molecule has 4 heteroatoms. The van der Waals surface area contributed by atoms with Crippen LogP contribution < -0.4 is 10.5 Å². The Morgan fingerprint density at radius 3 is 2.55 bits per heavy atom. The summed E-state index contributed by atoms with van der Waals surface area (Å²) in [4.78, 5) is 0. The lowest BCUT2D eigenvalue weighted by Gasteiger charge is -2.23. The molecule has 0 saturated heterocycles. The zero-order chi connectivity index (χ0) is 14.7. The maximum absolute atomic E-state index is 14.0. The molecule has 0 aliphatic rings. The molecule has 106 valence electrons. The lowest BCUT2D eigenvalue weighted by molar-refractivity contribution is 0.172. The molecule has 0 bridgehead atoms. The third kappa shape index (κ3) is 3.38. The topological polar surface area (TPSA) is 35.2 Å². The molecule has 0 amide bonds. The smallest absolute Gasteiger partial charge is 0.167 e. The van der Waals surface area contributed by atoms with E-state index < -0.39 is 6.10 Å². The van der Waals surface area contributed by atoms with Gasteiger partial charge in [0.15, 0.2) is 11.6 Å². The Morgan fingerprint density at radius 1 is 1.20 bits per heavy atom. The molecule has 0 aliphatic heterocycles. The van der Waals surface area contributed by atoms with Gasteiger partial charge in [-0.3, -0.25) is 0 Å². The first kappa shape index (κ1) is 15.0. The van der Waals surface area contributed by atoms with Crippen LogP contribution in [0.3, 0.4) is 0 Å². The number of hydrogen-bond donors (Lipinski definition) is 1. The van der Waals surface area contributed by atoms with Crippen LogP contribution in [0.5, 0.6) is 5.75 Å². The number of benzene rings is 2. The molecular weight excluding hydrogens is 321 g/mol. The van der Waals surface area contributed by atoms with Gasteiger partial charge in [-0.15, -0.1) is 0 Å². The van der Waals surface area contributed by atoms with E-state index in [2.05, 4.69) is 15.9 Å². The standard InChI is InChI=1S/C16H17BrFNO/c1-10-5-3-8-14(15(10)18)20-16(11(2)19)12-6-4-7-13(17)9-12/h3-9,11,16H,19H2,1-2H3. The maximum Gasteiger partial charge on any atom is 0.167 e. The first-order valence-corrected chi connectivity index (χ1v) is 7.21. The minimum atomic E-state index is -0.399. The first-order valence-electron chi connectivity index (χ1n) is 6.42. The van der Waals surface area contributed by atoms with Gasteiger partial charge >= 0.3 is 0 Å². The molecule has 2 rings (SSSR count). The molecule has 2 aromatic carbocycles. The molecule has 0 fully saturated rings. The van der Waals surface area contributed by atoms with Crippen molar-refractivity contribution in [3.05, 3.63) is 63.9 Å². The summed E-state index contributed by atoms with van der Waals surface area (Å²) in [7, 11) is 0. The first-order chi connectivity index (χ1) is 9.49. The van der Waals surface area contributed by atoms with Crippen LogP contribution in [-0.4, -0.2) is 6.04 Å². The monoisotopic (exact) mass is 337 g/mol. The van der Waals surface area contributed by atoms with Gasteiger partial charge in [0.2, 0.25) is 0 Å². The van der Waals surface area contributed by atoms with Gasteiger partial charge in [0.1, 0.15) is 6.10 Å². The van der Waals surface area contributed by atoms with Gasteiger partial charge in [0.25, 0.3) is 0 Å². The molecule has 0 heterocycles. The predicted octanol–water partition coefficient (Wildman–Crippen LogP) is 4.36. The summed E-state index contributed by atoms with van der Waals surface area (Å²) in [6, 6.07) is 12.5. The Kier molecular flexibility index (Phi) is 4.78. The average Bonchev–Trinajstić information content (AvgIpc) is 2.40. The van der Waals surface area contributed by atoms with Crippen LogP contribution in [0.1, 0.15) is 24.2 Å². The summed E-state index contributed by atoms with van der Waals surface area (Å²) in [5.41, 5.74) is 7.46. The van der Waals surface area contributed by atoms with Crippen LogP contribution in [0.4, 0.5) is 4.39 Å². The van der Waals surface area contributed by atoms with Crippen LogP contribution in [0.15, 0.2) is 46.9 Å². The van der Waals surface area contributed by atoms with E-state index in [0.717, 1.165) is 10.0 Å². The average molecular weight is 338 g/mol. The highest BCUT2D eigenvalue weighted by Gasteiger charge is 2.20. The van der Waals surface area contributed by atoms with Crippen molar-refractivity contribution in [3.63, 3.8) is 0 Å². The molecule has 20 heavy (non-hydrogen) atoms. The second kappa shape index (κ2) is 6.37. The zero-order valence-electron chi connectivity index (χ0n) is 11.4. The highest BCUT2D eigenvalue weighted by Crippen LogP contribution is 2.29. The summed E-state index contributed by atoms with van der Waals surface area (Å²) >= 11 is 3.42. The van der Waals surface area contributed by atoms with Crippen molar-refractivity contribution in [1.29, 1.82) is 0 Å². The summed E-state index contributed by atoms with van der Waals surface area (Å²) in [5, 5.41) is 0. The summed E-state index contributed by atoms with van der Waals surface area (Å²) in [5.74, 6) is -0.111. The second-order valence-corrected chi connectivity index (χ2v) is 5.76. The minimum Gasteiger partial charge on any atom is -0.481 e. The summed E-state index contributed by atoms with van der Waals surface area (Å²) < 4.78 is 20.8. The van der Waals surface area contributed by atoms with Gasteiger partial charge in [-0.25, -0.2) is 4.39 Å². The highest BCUT2D eigenvalue weighted by atomic mass is 79.9. The number of nitrogens with two attached hydrogens (primary N) is 1. The molecule has 0 aliphatic carbocycles. The third-order valence-electron chi connectivity index (χ3n) is 3.07. The third-order valence-corrected chi connectivity index (χ3v) is 3.56. The molecule has 0 aromatic heterocycles. The Morgan fingerprint density at radius 2 is 1.90 bits per heavy atom. The van der Waals surface area contributed by atoms with E-state index in [1.165, 1.54) is 0 Å². The van der Waals surface area contributed by atoms with E-state index in [1.807, 2.05) is 31.2 Å². The summed E-state index contributed by atoms with van der Waals surface area (Å²) in [6.45, 7) is 3.56. The van der Waals surface area contributed by atoms with Crippen molar-refractivity contribution in [2.45, 2.75) is 26.0 Å². The molecule has 2 atom stereocenters. The van der Waals surface area contributed by atoms with Gasteiger partial charge in [-0.1, -0.05) is 40.2 Å². The normalized spacial score (nSPS) is 13.8. The zero-order valence-corrected chi connectivity index (χ0v) is 13.0. The molecule has 2 aromatic rings. The van der Waals surface area contributed by atoms with Crippen LogP contribution in [-0.2, 0) is 0 Å². The number of aryl methyl sites for hydroxylation is 1. The van der Waals surface area contributed by atoms with Gasteiger partial charge in [0.05, 0.1) is 0 Å². The summed E-state index contributed by atoms with van der Waals surface area (Å²) in [6.07, 6.45) is -0.399. The maximum atomic E-state index is 14.0. The van der Waals surface area contributed by atoms with Crippen LogP contribution in [0.2, 0.25) is 0 Å². The van der Waals surface area contributed by atoms with E-state index in [9.17, 15) is 4.39 Å². The highest BCUT2D eigenvalue weighted by molar-refractivity contribution is 9.10. The largest absolute Gasteiger partial charge is 0.481 e.